The Hall–Kier alpha value is -1.33. The Morgan fingerprint density at radius 3 is 2.65 bits per heavy atom. The van der Waals surface area contributed by atoms with Gasteiger partial charge >= 0.3 is 5.97 Å². The summed E-state index contributed by atoms with van der Waals surface area (Å²) in [5.74, 6) is -0.477. The molecule has 1 heterocycles. The predicted molar refractivity (Wildman–Crippen MR) is 77.5 cm³/mol. The van der Waals surface area contributed by atoms with E-state index in [2.05, 4.69) is 4.98 Å². The fourth-order valence-electron chi connectivity index (χ4n) is 2.72. The molecule has 20 heavy (non-hydrogen) atoms. The van der Waals surface area contributed by atoms with Crippen molar-refractivity contribution in [2.45, 2.75) is 38.1 Å². The average Bonchev–Trinajstić information content (AvgIpc) is 2.46. The number of anilines is 1. The SMILES string of the molecule is O=C(O)c1cnc(N(CCO)C2CCCCC2)c(Cl)c1. The van der Waals surface area contributed by atoms with Gasteiger partial charge in [-0.3, -0.25) is 0 Å². The van der Waals surface area contributed by atoms with Crippen molar-refractivity contribution in [3.63, 3.8) is 0 Å². The topological polar surface area (TPSA) is 73.7 Å². The number of carboxylic acid groups (broad SMARTS) is 1. The number of pyridine rings is 1. The molecule has 2 N–H and O–H groups in total. The van der Waals surface area contributed by atoms with Gasteiger partial charge in [0.25, 0.3) is 0 Å². The lowest BCUT2D eigenvalue weighted by Crippen LogP contribution is -2.39. The maximum Gasteiger partial charge on any atom is 0.337 e. The fourth-order valence-corrected chi connectivity index (χ4v) is 3.00. The van der Waals surface area contributed by atoms with Crippen LogP contribution < -0.4 is 4.90 Å². The summed E-state index contributed by atoms with van der Waals surface area (Å²) >= 11 is 6.17. The molecule has 0 bridgehead atoms. The standard InChI is InChI=1S/C14H19ClN2O3/c15-12-8-10(14(19)20)9-16-13(12)17(6-7-18)11-4-2-1-3-5-11/h8-9,11,18H,1-7H2,(H,19,20). The molecule has 0 atom stereocenters. The van der Waals surface area contributed by atoms with Gasteiger partial charge in [-0.05, 0) is 18.9 Å². The zero-order chi connectivity index (χ0) is 14.5. The lowest BCUT2D eigenvalue weighted by molar-refractivity contribution is 0.0696. The molecule has 1 aromatic heterocycles. The fraction of sp³-hybridized carbons (Fsp3) is 0.571. The molecule has 5 nitrogen and oxygen atoms in total. The number of aromatic carboxylic acids is 1. The highest BCUT2D eigenvalue weighted by Crippen LogP contribution is 2.30. The minimum atomic E-state index is -1.04. The van der Waals surface area contributed by atoms with Gasteiger partial charge in [0.15, 0.2) is 0 Å². The Bertz CT molecular complexity index is 475. The molecule has 6 heteroatoms. The number of hydrogen-bond acceptors (Lipinski definition) is 4. The lowest BCUT2D eigenvalue weighted by Gasteiger charge is -2.35. The minimum Gasteiger partial charge on any atom is -0.478 e. The summed E-state index contributed by atoms with van der Waals surface area (Å²) in [6.07, 6.45) is 6.99. The van der Waals surface area contributed by atoms with E-state index in [-0.39, 0.29) is 12.2 Å². The summed E-state index contributed by atoms with van der Waals surface area (Å²) < 4.78 is 0. The van der Waals surface area contributed by atoms with Gasteiger partial charge < -0.3 is 15.1 Å². The van der Waals surface area contributed by atoms with Crippen LogP contribution in [0.4, 0.5) is 5.82 Å². The van der Waals surface area contributed by atoms with E-state index in [1.54, 1.807) is 0 Å². The monoisotopic (exact) mass is 298 g/mol. The first-order valence-electron chi connectivity index (χ1n) is 6.90. The molecule has 0 saturated heterocycles. The molecule has 1 saturated carbocycles. The van der Waals surface area contributed by atoms with Crippen LogP contribution in [0.2, 0.25) is 5.02 Å². The number of halogens is 1. The van der Waals surface area contributed by atoms with Crippen molar-refractivity contribution in [1.29, 1.82) is 0 Å². The molecule has 0 aliphatic heterocycles. The largest absolute Gasteiger partial charge is 0.478 e. The molecule has 0 unspecified atom stereocenters. The number of nitrogens with zero attached hydrogens (tertiary/aromatic N) is 2. The number of carboxylic acids is 1. The van der Waals surface area contributed by atoms with E-state index >= 15 is 0 Å². The first kappa shape index (κ1) is 15.1. The van der Waals surface area contributed by atoms with Gasteiger partial charge in [0.05, 0.1) is 17.2 Å². The molecular weight excluding hydrogens is 280 g/mol. The molecule has 1 fully saturated rings. The van der Waals surface area contributed by atoms with Gasteiger partial charge in [0, 0.05) is 18.8 Å². The second kappa shape index (κ2) is 6.90. The van der Waals surface area contributed by atoms with Gasteiger partial charge in [-0.2, -0.15) is 0 Å². The molecule has 110 valence electrons. The first-order valence-corrected chi connectivity index (χ1v) is 7.27. The Kier molecular flexibility index (Phi) is 5.20. The highest BCUT2D eigenvalue weighted by atomic mass is 35.5. The highest BCUT2D eigenvalue weighted by molar-refractivity contribution is 6.33. The smallest absolute Gasteiger partial charge is 0.337 e. The molecule has 1 aromatic rings. The Morgan fingerprint density at radius 1 is 1.40 bits per heavy atom. The highest BCUT2D eigenvalue weighted by Gasteiger charge is 2.24. The molecule has 0 radical (unpaired) electrons. The Labute approximate surface area is 123 Å². The zero-order valence-corrected chi connectivity index (χ0v) is 12.0. The summed E-state index contributed by atoms with van der Waals surface area (Å²) in [5.41, 5.74) is 0.0753. The van der Waals surface area contributed by atoms with Crippen molar-refractivity contribution in [2.75, 3.05) is 18.1 Å². The van der Waals surface area contributed by atoms with Crippen LogP contribution in [0.5, 0.6) is 0 Å². The van der Waals surface area contributed by atoms with Gasteiger partial charge in [0.2, 0.25) is 0 Å². The third kappa shape index (κ3) is 3.41. The summed E-state index contributed by atoms with van der Waals surface area (Å²) in [6.45, 7) is 0.485. The number of aliphatic hydroxyl groups is 1. The van der Waals surface area contributed by atoms with Crippen molar-refractivity contribution in [1.82, 2.24) is 4.98 Å². The van der Waals surface area contributed by atoms with Crippen molar-refractivity contribution in [2.24, 2.45) is 0 Å². The number of hydrogen-bond donors (Lipinski definition) is 2. The van der Waals surface area contributed by atoms with Crippen molar-refractivity contribution >= 4 is 23.4 Å². The maximum absolute atomic E-state index is 10.9. The third-order valence-electron chi connectivity index (χ3n) is 3.70. The van der Waals surface area contributed by atoms with Crippen molar-refractivity contribution < 1.29 is 15.0 Å². The maximum atomic E-state index is 10.9. The molecule has 1 aliphatic rings. The van der Waals surface area contributed by atoms with Crippen molar-refractivity contribution in [3.8, 4) is 0 Å². The van der Waals surface area contributed by atoms with Crippen LogP contribution in [0.3, 0.4) is 0 Å². The second-order valence-corrected chi connectivity index (χ2v) is 5.45. The molecule has 2 rings (SSSR count). The van der Waals surface area contributed by atoms with E-state index in [0.29, 0.717) is 23.4 Å². The number of aromatic nitrogens is 1. The summed E-state index contributed by atoms with van der Waals surface area (Å²) in [7, 11) is 0. The Balaban J connectivity index is 2.26. The van der Waals surface area contributed by atoms with Crippen LogP contribution in [0, 0.1) is 0 Å². The van der Waals surface area contributed by atoms with E-state index in [4.69, 9.17) is 16.7 Å². The van der Waals surface area contributed by atoms with E-state index in [9.17, 15) is 9.90 Å². The van der Waals surface area contributed by atoms with E-state index in [1.807, 2.05) is 4.90 Å². The van der Waals surface area contributed by atoms with E-state index in [1.165, 1.54) is 18.7 Å². The molecule has 1 aliphatic carbocycles. The summed E-state index contributed by atoms with van der Waals surface area (Å²) in [4.78, 5) is 17.1. The summed E-state index contributed by atoms with van der Waals surface area (Å²) in [5, 5.41) is 18.5. The first-order chi connectivity index (χ1) is 9.63. The molecule has 0 aromatic carbocycles. The molecular formula is C14H19ClN2O3. The van der Waals surface area contributed by atoms with Gasteiger partial charge in [-0.1, -0.05) is 30.9 Å². The normalized spacial score (nSPS) is 16.1. The van der Waals surface area contributed by atoms with Crippen molar-refractivity contribution in [3.05, 3.63) is 22.8 Å². The molecule has 0 spiro atoms. The van der Waals surface area contributed by atoms with Gasteiger partial charge in [-0.25, -0.2) is 9.78 Å². The summed E-state index contributed by atoms with van der Waals surface area (Å²) in [6, 6.07) is 1.73. The zero-order valence-electron chi connectivity index (χ0n) is 11.3. The van der Waals surface area contributed by atoms with Crippen LogP contribution in [-0.4, -0.2) is 40.4 Å². The van der Waals surface area contributed by atoms with E-state index < -0.39 is 5.97 Å². The number of rotatable bonds is 5. The van der Waals surface area contributed by atoms with E-state index in [0.717, 1.165) is 25.7 Å². The Morgan fingerprint density at radius 2 is 2.10 bits per heavy atom. The lowest BCUT2D eigenvalue weighted by atomic mass is 9.94. The average molecular weight is 299 g/mol. The molecule has 0 amide bonds. The quantitative estimate of drug-likeness (QED) is 0.874. The van der Waals surface area contributed by atoms with Crippen LogP contribution in [-0.2, 0) is 0 Å². The predicted octanol–water partition coefficient (Wildman–Crippen LogP) is 2.56. The van der Waals surface area contributed by atoms with Gasteiger partial charge in [-0.15, -0.1) is 0 Å². The number of aliphatic hydroxyl groups excluding tert-OH is 1. The van der Waals surface area contributed by atoms with Crippen LogP contribution in [0.25, 0.3) is 0 Å². The van der Waals surface area contributed by atoms with Crippen LogP contribution >= 0.6 is 11.6 Å². The van der Waals surface area contributed by atoms with Crippen LogP contribution in [0.1, 0.15) is 42.5 Å². The van der Waals surface area contributed by atoms with Gasteiger partial charge in [0.1, 0.15) is 5.82 Å². The van der Waals surface area contributed by atoms with Crippen LogP contribution in [0.15, 0.2) is 12.3 Å². The second-order valence-electron chi connectivity index (χ2n) is 5.04. The third-order valence-corrected chi connectivity index (χ3v) is 3.98. The minimum absolute atomic E-state index is 0.0230. The number of carbonyl (C=O) groups is 1.